The molecule has 0 amide bonds. The monoisotopic (exact) mass is 368 g/mol. The lowest BCUT2D eigenvalue weighted by molar-refractivity contribution is 0.223. The summed E-state index contributed by atoms with van der Waals surface area (Å²) in [6, 6.07) is 10.8. The lowest BCUT2D eigenvalue weighted by atomic mass is 10.2. The maximum absolute atomic E-state index is 12.1. The van der Waals surface area contributed by atoms with Crippen LogP contribution in [0, 0.1) is 0 Å². The summed E-state index contributed by atoms with van der Waals surface area (Å²) < 4.78 is 32.8. The quantitative estimate of drug-likeness (QED) is 0.700. The molecule has 1 aromatic carbocycles. The SMILES string of the molecule is CCN(CC)CCOc1ccc(CNS(=O)(=O)c2cccs2)cc1. The number of hydrogen-bond acceptors (Lipinski definition) is 5. The third-order valence-corrected chi connectivity index (χ3v) is 6.52. The number of thiophene rings is 1. The van der Waals surface area contributed by atoms with Gasteiger partial charge in [-0.25, -0.2) is 13.1 Å². The van der Waals surface area contributed by atoms with Crippen molar-refractivity contribution in [2.75, 3.05) is 26.2 Å². The number of sulfonamides is 1. The van der Waals surface area contributed by atoms with E-state index in [2.05, 4.69) is 23.5 Å². The lowest BCUT2D eigenvalue weighted by Crippen LogP contribution is -2.27. The van der Waals surface area contributed by atoms with E-state index in [9.17, 15) is 8.42 Å². The molecule has 0 unspecified atom stereocenters. The number of ether oxygens (including phenoxy) is 1. The Bertz CT molecular complexity index is 694. The van der Waals surface area contributed by atoms with Crippen LogP contribution < -0.4 is 9.46 Å². The predicted octanol–water partition coefficient (Wildman–Crippen LogP) is 2.95. The second-order valence-electron chi connectivity index (χ2n) is 5.28. The molecule has 132 valence electrons. The van der Waals surface area contributed by atoms with Crippen LogP contribution in [0.15, 0.2) is 46.0 Å². The maximum atomic E-state index is 12.1. The molecule has 5 nitrogen and oxygen atoms in total. The van der Waals surface area contributed by atoms with Crippen LogP contribution in [0.3, 0.4) is 0 Å². The fraction of sp³-hybridized carbons (Fsp3) is 0.412. The standard InChI is InChI=1S/C17H24N2O3S2/c1-3-19(4-2)11-12-22-16-9-7-15(8-10-16)14-18-24(20,21)17-6-5-13-23-17/h5-10,13,18H,3-4,11-12,14H2,1-2H3. The van der Waals surface area contributed by atoms with Gasteiger partial charge in [-0.1, -0.05) is 32.0 Å². The van der Waals surface area contributed by atoms with Crippen LogP contribution in [0.25, 0.3) is 0 Å². The Morgan fingerprint density at radius 3 is 2.42 bits per heavy atom. The average Bonchev–Trinajstić information content (AvgIpc) is 3.14. The summed E-state index contributed by atoms with van der Waals surface area (Å²) in [5.74, 6) is 0.798. The van der Waals surface area contributed by atoms with Gasteiger partial charge in [0.15, 0.2) is 0 Å². The topological polar surface area (TPSA) is 58.6 Å². The van der Waals surface area contributed by atoms with E-state index in [-0.39, 0.29) is 6.54 Å². The zero-order valence-corrected chi connectivity index (χ0v) is 15.7. The molecule has 0 fully saturated rings. The minimum atomic E-state index is -3.42. The summed E-state index contributed by atoms with van der Waals surface area (Å²) in [6.45, 7) is 8.11. The molecule has 0 spiro atoms. The molecule has 0 radical (unpaired) electrons. The molecule has 7 heteroatoms. The Labute approximate surface area is 148 Å². The van der Waals surface area contributed by atoms with E-state index in [0.717, 1.165) is 30.9 Å². The zero-order chi connectivity index (χ0) is 17.4. The van der Waals surface area contributed by atoms with E-state index in [1.165, 1.54) is 11.3 Å². The van der Waals surface area contributed by atoms with E-state index in [4.69, 9.17) is 4.74 Å². The van der Waals surface area contributed by atoms with Crippen molar-refractivity contribution in [1.82, 2.24) is 9.62 Å². The number of nitrogens with one attached hydrogen (secondary N) is 1. The summed E-state index contributed by atoms with van der Waals surface area (Å²) >= 11 is 1.21. The van der Waals surface area contributed by atoms with Gasteiger partial charge in [0.1, 0.15) is 16.6 Å². The Morgan fingerprint density at radius 2 is 1.83 bits per heavy atom. The minimum absolute atomic E-state index is 0.264. The van der Waals surface area contributed by atoms with Crippen LogP contribution in [-0.4, -0.2) is 39.6 Å². The van der Waals surface area contributed by atoms with Crippen molar-refractivity contribution in [3.63, 3.8) is 0 Å². The maximum Gasteiger partial charge on any atom is 0.250 e. The molecular weight excluding hydrogens is 344 g/mol. The van der Waals surface area contributed by atoms with Crippen molar-refractivity contribution < 1.29 is 13.2 Å². The summed E-state index contributed by atoms with van der Waals surface area (Å²) in [5, 5.41) is 1.75. The zero-order valence-electron chi connectivity index (χ0n) is 14.1. The van der Waals surface area contributed by atoms with Crippen LogP contribution >= 0.6 is 11.3 Å². The Hall–Kier alpha value is -1.41. The van der Waals surface area contributed by atoms with Crippen molar-refractivity contribution >= 4 is 21.4 Å². The smallest absolute Gasteiger partial charge is 0.250 e. The first-order valence-corrected chi connectivity index (χ1v) is 10.4. The van der Waals surface area contributed by atoms with Gasteiger partial charge in [-0.15, -0.1) is 11.3 Å². The molecule has 0 saturated carbocycles. The second-order valence-corrected chi connectivity index (χ2v) is 8.22. The number of nitrogens with zero attached hydrogens (tertiary/aromatic N) is 1. The van der Waals surface area contributed by atoms with E-state index >= 15 is 0 Å². The van der Waals surface area contributed by atoms with Crippen LogP contribution in [-0.2, 0) is 16.6 Å². The number of rotatable bonds is 10. The van der Waals surface area contributed by atoms with Gasteiger partial charge in [0, 0.05) is 13.1 Å². The van der Waals surface area contributed by atoms with Crippen LogP contribution in [0.2, 0.25) is 0 Å². The van der Waals surface area contributed by atoms with E-state index in [0.29, 0.717) is 10.8 Å². The fourth-order valence-corrected chi connectivity index (χ4v) is 4.26. The number of benzene rings is 1. The van der Waals surface area contributed by atoms with Crippen LogP contribution in [0.4, 0.5) is 0 Å². The third-order valence-electron chi connectivity index (χ3n) is 3.72. The Morgan fingerprint density at radius 1 is 1.12 bits per heavy atom. The first-order valence-electron chi connectivity index (χ1n) is 8.02. The number of hydrogen-bond donors (Lipinski definition) is 1. The van der Waals surface area contributed by atoms with Crippen molar-refractivity contribution in [3.05, 3.63) is 47.3 Å². The van der Waals surface area contributed by atoms with E-state index in [1.54, 1.807) is 17.5 Å². The molecule has 1 N–H and O–H groups in total. The molecule has 2 rings (SSSR count). The van der Waals surface area contributed by atoms with Crippen LogP contribution in [0.1, 0.15) is 19.4 Å². The van der Waals surface area contributed by atoms with E-state index < -0.39 is 10.0 Å². The molecule has 0 aliphatic carbocycles. The molecule has 2 aromatic rings. The summed E-state index contributed by atoms with van der Waals surface area (Å²) in [4.78, 5) is 2.30. The van der Waals surface area contributed by atoms with Crippen molar-refractivity contribution in [2.24, 2.45) is 0 Å². The van der Waals surface area contributed by atoms with Crippen LogP contribution in [0.5, 0.6) is 5.75 Å². The highest BCUT2D eigenvalue weighted by molar-refractivity contribution is 7.91. The Kier molecular flexibility index (Phi) is 7.23. The molecule has 0 bridgehead atoms. The minimum Gasteiger partial charge on any atom is -0.492 e. The molecule has 24 heavy (non-hydrogen) atoms. The molecule has 1 aromatic heterocycles. The lowest BCUT2D eigenvalue weighted by Gasteiger charge is -2.18. The van der Waals surface area contributed by atoms with Crippen molar-refractivity contribution in [2.45, 2.75) is 24.6 Å². The van der Waals surface area contributed by atoms with Gasteiger partial charge >= 0.3 is 0 Å². The van der Waals surface area contributed by atoms with Crippen molar-refractivity contribution in [3.8, 4) is 5.75 Å². The van der Waals surface area contributed by atoms with Gasteiger partial charge < -0.3 is 9.64 Å². The van der Waals surface area contributed by atoms with Gasteiger partial charge in [-0.05, 0) is 42.2 Å². The molecule has 0 saturated heterocycles. The second kappa shape index (κ2) is 9.17. The normalized spacial score (nSPS) is 11.8. The van der Waals surface area contributed by atoms with Gasteiger partial charge in [0.05, 0.1) is 0 Å². The molecular formula is C17H24N2O3S2. The molecule has 0 aliphatic rings. The largest absolute Gasteiger partial charge is 0.492 e. The fourth-order valence-electron chi connectivity index (χ4n) is 2.20. The summed E-state index contributed by atoms with van der Waals surface area (Å²) in [7, 11) is -3.42. The van der Waals surface area contributed by atoms with E-state index in [1.807, 2.05) is 24.3 Å². The first kappa shape index (κ1) is 18.9. The summed E-state index contributed by atoms with van der Waals surface area (Å²) in [5.41, 5.74) is 0.895. The van der Waals surface area contributed by atoms with Gasteiger partial charge in [0.25, 0.3) is 0 Å². The third kappa shape index (κ3) is 5.59. The molecule has 0 atom stereocenters. The highest BCUT2D eigenvalue weighted by atomic mass is 32.2. The first-order chi connectivity index (χ1) is 11.5. The number of likely N-dealkylation sites (N-methyl/N-ethyl adjacent to an activating group) is 1. The molecule has 1 heterocycles. The summed E-state index contributed by atoms with van der Waals surface area (Å²) in [6.07, 6.45) is 0. The molecule has 0 aliphatic heterocycles. The highest BCUT2D eigenvalue weighted by Gasteiger charge is 2.14. The van der Waals surface area contributed by atoms with Crippen molar-refractivity contribution in [1.29, 1.82) is 0 Å². The van der Waals surface area contributed by atoms with Gasteiger partial charge in [-0.2, -0.15) is 0 Å². The van der Waals surface area contributed by atoms with Gasteiger partial charge in [-0.3, -0.25) is 0 Å². The predicted molar refractivity (Wildman–Crippen MR) is 98.1 cm³/mol. The highest BCUT2D eigenvalue weighted by Crippen LogP contribution is 2.17. The average molecular weight is 369 g/mol. The Balaban J connectivity index is 1.82. The van der Waals surface area contributed by atoms with Gasteiger partial charge in [0.2, 0.25) is 10.0 Å².